The second kappa shape index (κ2) is 8.57. The summed E-state index contributed by atoms with van der Waals surface area (Å²) in [6.07, 6.45) is 0. The van der Waals surface area contributed by atoms with Crippen LogP contribution in [0.1, 0.15) is 26.3 Å². The molecular formula is C21H17FN2O7. The number of pyridine rings is 1. The number of nitrogen functional groups attached to an aromatic ring is 1. The largest absolute Gasteiger partial charge is 0.496 e. The molecule has 3 aromatic rings. The number of aromatic carboxylic acids is 2. The summed E-state index contributed by atoms with van der Waals surface area (Å²) in [5.41, 5.74) is 3.52. The Labute approximate surface area is 174 Å². The molecule has 0 unspecified atom stereocenters. The molecule has 10 heteroatoms. The summed E-state index contributed by atoms with van der Waals surface area (Å²) in [6, 6.07) is 9.62. The van der Waals surface area contributed by atoms with Crippen molar-refractivity contribution in [2.45, 2.75) is 6.61 Å². The Morgan fingerprint density at radius 1 is 1.06 bits per heavy atom. The first-order chi connectivity index (χ1) is 14.7. The van der Waals surface area contributed by atoms with E-state index in [1.807, 2.05) is 4.98 Å². The zero-order valence-corrected chi connectivity index (χ0v) is 16.1. The highest BCUT2D eigenvalue weighted by Gasteiger charge is 2.27. The topological polar surface area (TPSA) is 152 Å². The molecule has 0 amide bonds. The molecule has 1 heterocycles. The van der Waals surface area contributed by atoms with Crippen molar-refractivity contribution >= 4 is 17.8 Å². The van der Waals surface area contributed by atoms with Gasteiger partial charge in [0.25, 0.3) is 5.56 Å². The SMILES string of the molecule is COc1ccc(-c2c(C(=O)O)c(N)[nH]c(=O)c2C(=O)O)cc1COc1ccc(F)cc1. The number of H-pyrrole nitrogens is 1. The number of hydrogen-bond donors (Lipinski definition) is 4. The van der Waals surface area contributed by atoms with Crippen LogP contribution >= 0.6 is 0 Å². The van der Waals surface area contributed by atoms with E-state index in [4.69, 9.17) is 15.2 Å². The number of hydrogen-bond acceptors (Lipinski definition) is 6. The van der Waals surface area contributed by atoms with Crippen LogP contribution in [-0.2, 0) is 6.61 Å². The highest BCUT2D eigenvalue weighted by atomic mass is 19.1. The van der Waals surface area contributed by atoms with Gasteiger partial charge in [-0.1, -0.05) is 6.07 Å². The van der Waals surface area contributed by atoms with E-state index in [0.717, 1.165) is 0 Å². The van der Waals surface area contributed by atoms with E-state index in [0.29, 0.717) is 17.1 Å². The number of anilines is 1. The van der Waals surface area contributed by atoms with Crippen LogP contribution in [0.25, 0.3) is 11.1 Å². The lowest BCUT2D eigenvalue weighted by Crippen LogP contribution is -2.24. The van der Waals surface area contributed by atoms with Crippen molar-refractivity contribution in [1.29, 1.82) is 0 Å². The van der Waals surface area contributed by atoms with Gasteiger partial charge in [0.05, 0.1) is 7.11 Å². The van der Waals surface area contributed by atoms with Gasteiger partial charge in [-0.25, -0.2) is 14.0 Å². The number of carboxylic acids is 2. The normalized spacial score (nSPS) is 10.5. The number of nitrogens with two attached hydrogens (primary N) is 1. The standard InChI is InChI=1S/C21H17FN2O7/c1-30-14-7-2-10(8-11(14)9-31-13-5-3-12(22)4-6-13)15-16(20(26)27)18(23)24-19(25)17(15)21(28)29/h2-8H,9H2,1H3,(H,26,27)(H,28,29)(H3,23,24,25). The minimum atomic E-state index is -1.61. The fourth-order valence-electron chi connectivity index (χ4n) is 3.07. The number of carbonyl (C=O) groups is 2. The van der Waals surface area contributed by atoms with Gasteiger partial charge in [0.15, 0.2) is 0 Å². The molecule has 0 bridgehead atoms. The number of rotatable bonds is 7. The average molecular weight is 428 g/mol. The van der Waals surface area contributed by atoms with Crippen molar-refractivity contribution in [2.24, 2.45) is 0 Å². The monoisotopic (exact) mass is 428 g/mol. The first-order valence-corrected chi connectivity index (χ1v) is 8.81. The third-order valence-electron chi connectivity index (χ3n) is 4.45. The highest BCUT2D eigenvalue weighted by molar-refractivity contribution is 6.07. The molecule has 9 nitrogen and oxygen atoms in total. The minimum Gasteiger partial charge on any atom is -0.496 e. The number of methoxy groups -OCH3 is 1. The fraction of sp³-hybridized carbons (Fsp3) is 0.0952. The molecule has 0 fully saturated rings. The molecule has 3 rings (SSSR count). The van der Waals surface area contributed by atoms with Crippen LogP contribution < -0.4 is 20.8 Å². The molecule has 31 heavy (non-hydrogen) atoms. The molecule has 0 spiro atoms. The number of aromatic amines is 1. The van der Waals surface area contributed by atoms with Gasteiger partial charge in [-0.15, -0.1) is 0 Å². The Morgan fingerprint density at radius 3 is 2.29 bits per heavy atom. The molecule has 160 valence electrons. The van der Waals surface area contributed by atoms with Crippen LogP contribution in [-0.4, -0.2) is 34.2 Å². The summed E-state index contributed by atoms with van der Waals surface area (Å²) in [5.74, 6) is -3.28. The highest BCUT2D eigenvalue weighted by Crippen LogP contribution is 2.33. The van der Waals surface area contributed by atoms with Gasteiger partial charge < -0.3 is 30.4 Å². The zero-order chi connectivity index (χ0) is 22.7. The predicted octanol–water partition coefficient (Wildman–Crippen LogP) is 2.75. The van der Waals surface area contributed by atoms with Crippen molar-refractivity contribution in [1.82, 2.24) is 4.98 Å². The molecule has 0 aliphatic rings. The number of carboxylic acid groups (broad SMARTS) is 2. The van der Waals surface area contributed by atoms with Crippen LogP contribution in [0.5, 0.6) is 11.5 Å². The maximum atomic E-state index is 13.1. The van der Waals surface area contributed by atoms with E-state index in [2.05, 4.69) is 0 Å². The molecule has 2 aromatic carbocycles. The van der Waals surface area contributed by atoms with Crippen molar-refractivity contribution in [3.63, 3.8) is 0 Å². The zero-order valence-electron chi connectivity index (χ0n) is 16.1. The van der Waals surface area contributed by atoms with E-state index in [-0.39, 0.29) is 17.7 Å². The summed E-state index contributed by atoms with van der Waals surface area (Å²) in [7, 11) is 1.41. The average Bonchev–Trinajstić information content (AvgIpc) is 2.71. The third kappa shape index (κ3) is 4.32. The van der Waals surface area contributed by atoms with Gasteiger partial charge in [0.2, 0.25) is 0 Å². The summed E-state index contributed by atoms with van der Waals surface area (Å²) in [5, 5.41) is 19.1. The van der Waals surface area contributed by atoms with Crippen molar-refractivity contribution < 1.29 is 33.7 Å². The quantitative estimate of drug-likeness (QED) is 0.448. The van der Waals surface area contributed by atoms with E-state index in [1.54, 1.807) is 0 Å². The molecule has 0 atom stereocenters. The van der Waals surface area contributed by atoms with Crippen LogP contribution in [0.15, 0.2) is 47.3 Å². The van der Waals surface area contributed by atoms with Crippen molar-refractivity contribution in [3.05, 3.63) is 75.3 Å². The first kappa shape index (κ1) is 21.4. The van der Waals surface area contributed by atoms with Gasteiger partial charge in [-0.05, 0) is 42.0 Å². The van der Waals surface area contributed by atoms with Crippen LogP contribution in [0, 0.1) is 5.82 Å². The van der Waals surface area contributed by atoms with E-state index in [1.165, 1.54) is 49.6 Å². The second-order valence-corrected chi connectivity index (χ2v) is 6.37. The lowest BCUT2D eigenvalue weighted by Gasteiger charge is -2.15. The number of benzene rings is 2. The van der Waals surface area contributed by atoms with Crippen LogP contribution in [0.2, 0.25) is 0 Å². The van der Waals surface area contributed by atoms with Crippen molar-refractivity contribution in [2.75, 3.05) is 12.8 Å². The number of halogens is 1. The number of nitrogens with one attached hydrogen (secondary N) is 1. The Hall–Kier alpha value is -4.34. The smallest absolute Gasteiger partial charge is 0.342 e. The number of aromatic nitrogens is 1. The van der Waals surface area contributed by atoms with Crippen molar-refractivity contribution in [3.8, 4) is 22.6 Å². The second-order valence-electron chi connectivity index (χ2n) is 6.37. The Morgan fingerprint density at radius 2 is 1.71 bits per heavy atom. The summed E-state index contributed by atoms with van der Waals surface area (Å²) >= 11 is 0. The molecule has 1 aromatic heterocycles. The first-order valence-electron chi connectivity index (χ1n) is 8.81. The van der Waals surface area contributed by atoms with E-state index in [9.17, 15) is 29.0 Å². The Kier molecular flexibility index (Phi) is 5.91. The van der Waals surface area contributed by atoms with Gasteiger partial charge in [-0.2, -0.15) is 0 Å². The molecule has 0 radical (unpaired) electrons. The predicted molar refractivity (Wildman–Crippen MR) is 108 cm³/mol. The molecule has 0 saturated heterocycles. The lowest BCUT2D eigenvalue weighted by molar-refractivity contribution is 0.0695. The number of ether oxygens (including phenoxy) is 2. The van der Waals surface area contributed by atoms with Crippen LogP contribution in [0.4, 0.5) is 10.2 Å². The van der Waals surface area contributed by atoms with Gasteiger partial charge >= 0.3 is 11.9 Å². The fourth-order valence-corrected chi connectivity index (χ4v) is 3.07. The lowest BCUT2D eigenvalue weighted by atomic mass is 9.94. The Balaban J connectivity index is 2.14. The molecule has 5 N–H and O–H groups in total. The summed E-state index contributed by atoms with van der Waals surface area (Å²) in [4.78, 5) is 37.7. The third-order valence-corrected chi connectivity index (χ3v) is 4.45. The molecule has 0 aliphatic heterocycles. The van der Waals surface area contributed by atoms with Crippen LogP contribution in [0.3, 0.4) is 0 Å². The maximum absolute atomic E-state index is 13.1. The molecule has 0 aliphatic carbocycles. The summed E-state index contributed by atoms with van der Waals surface area (Å²) < 4.78 is 24.0. The van der Waals surface area contributed by atoms with Gasteiger partial charge in [0, 0.05) is 11.1 Å². The molecular weight excluding hydrogens is 411 g/mol. The van der Waals surface area contributed by atoms with E-state index < -0.39 is 40.3 Å². The van der Waals surface area contributed by atoms with Gasteiger partial charge in [0.1, 0.15) is 40.9 Å². The Bertz CT molecular complexity index is 1220. The van der Waals surface area contributed by atoms with E-state index >= 15 is 0 Å². The maximum Gasteiger partial charge on any atom is 0.342 e. The summed E-state index contributed by atoms with van der Waals surface area (Å²) in [6.45, 7) is -0.0634. The van der Waals surface area contributed by atoms with Gasteiger partial charge in [-0.3, -0.25) is 4.79 Å². The minimum absolute atomic E-state index is 0.0634. The molecule has 0 saturated carbocycles.